The first kappa shape index (κ1) is 15.0. The Hall–Kier alpha value is -2.56. The number of benzene rings is 1. The van der Waals surface area contributed by atoms with Gasteiger partial charge in [-0.2, -0.15) is 0 Å². The fourth-order valence-electron chi connectivity index (χ4n) is 3.55. The number of hydrogen-bond acceptors (Lipinski definition) is 4. The highest BCUT2D eigenvalue weighted by atomic mass is 15.3. The number of rotatable bonds is 2. The van der Waals surface area contributed by atoms with Crippen molar-refractivity contribution in [3.05, 3.63) is 47.4 Å². The number of aromatic amines is 1. The highest BCUT2D eigenvalue weighted by Crippen LogP contribution is 2.27. The number of fused-ring (bicyclic) bond motifs is 1. The van der Waals surface area contributed by atoms with Gasteiger partial charge in [0.2, 0.25) is 0 Å². The lowest BCUT2D eigenvalue weighted by Gasteiger charge is -2.37. The molecule has 5 heteroatoms. The third-order valence-corrected chi connectivity index (χ3v) is 5.04. The van der Waals surface area contributed by atoms with Gasteiger partial charge in [-0.05, 0) is 44.0 Å². The van der Waals surface area contributed by atoms with Gasteiger partial charge in [-0.1, -0.05) is 12.1 Å². The summed E-state index contributed by atoms with van der Waals surface area (Å²) in [4.78, 5) is 17.0. The maximum absolute atomic E-state index is 4.55. The van der Waals surface area contributed by atoms with Crippen LogP contribution < -0.4 is 9.80 Å². The molecular weight excluding hydrogens is 298 g/mol. The summed E-state index contributed by atoms with van der Waals surface area (Å²) in [5, 5.41) is 1.12. The molecule has 24 heavy (non-hydrogen) atoms. The van der Waals surface area contributed by atoms with E-state index in [1.807, 2.05) is 0 Å². The lowest BCUT2D eigenvalue weighted by Crippen LogP contribution is -2.47. The lowest BCUT2D eigenvalue weighted by molar-refractivity contribution is 0.647. The summed E-state index contributed by atoms with van der Waals surface area (Å²) < 4.78 is 0. The molecule has 0 spiro atoms. The SMILES string of the molecule is Cc1cc2c(N3CCN(c4cccc(C)c4C)CC3)ncnc2[nH]1. The van der Waals surface area contributed by atoms with E-state index >= 15 is 0 Å². The summed E-state index contributed by atoms with van der Waals surface area (Å²) in [5.41, 5.74) is 6.15. The smallest absolute Gasteiger partial charge is 0.143 e. The molecule has 0 aliphatic carbocycles. The molecule has 0 radical (unpaired) electrons. The first-order chi connectivity index (χ1) is 11.6. The van der Waals surface area contributed by atoms with Crippen LogP contribution in [0.2, 0.25) is 0 Å². The third kappa shape index (κ3) is 2.50. The standard InChI is InChI=1S/C19H23N5/c1-13-5-4-6-17(15(13)3)23-7-9-24(10-8-23)19-16-11-14(2)22-18(16)20-12-21-19/h4-6,11-12H,7-10H2,1-3H3,(H,20,21,22). The van der Waals surface area contributed by atoms with Gasteiger partial charge in [-0.3, -0.25) is 0 Å². The van der Waals surface area contributed by atoms with Crippen LogP contribution in [-0.4, -0.2) is 41.1 Å². The van der Waals surface area contributed by atoms with Gasteiger partial charge in [-0.25, -0.2) is 9.97 Å². The maximum atomic E-state index is 4.55. The monoisotopic (exact) mass is 321 g/mol. The molecule has 1 aromatic carbocycles. The van der Waals surface area contributed by atoms with Gasteiger partial charge in [0, 0.05) is 37.6 Å². The van der Waals surface area contributed by atoms with Crippen molar-refractivity contribution in [2.45, 2.75) is 20.8 Å². The quantitative estimate of drug-likeness (QED) is 0.787. The van der Waals surface area contributed by atoms with E-state index in [2.05, 4.69) is 69.8 Å². The van der Waals surface area contributed by atoms with E-state index in [1.54, 1.807) is 6.33 Å². The number of H-pyrrole nitrogens is 1. The van der Waals surface area contributed by atoms with Crippen LogP contribution >= 0.6 is 0 Å². The molecule has 0 amide bonds. The van der Waals surface area contributed by atoms with E-state index in [9.17, 15) is 0 Å². The fourth-order valence-corrected chi connectivity index (χ4v) is 3.55. The number of aryl methyl sites for hydroxylation is 2. The van der Waals surface area contributed by atoms with Gasteiger partial charge < -0.3 is 14.8 Å². The van der Waals surface area contributed by atoms with Crippen molar-refractivity contribution in [3.8, 4) is 0 Å². The van der Waals surface area contributed by atoms with Gasteiger partial charge in [0.05, 0.1) is 5.39 Å². The van der Waals surface area contributed by atoms with Crippen LogP contribution in [0.1, 0.15) is 16.8 Å². The number of nitrogens with zero attached hydrogens (tertiary/aromatic N) is 4. The second-order valence-corrected chi connectivity index (χ2v) is 6.61. The number of nitrogens with one attached hydrogen (secondary N) is 1. The predicted molar refractivity (Wildman–Crippen MR) is 99.0 cm³/mol. The Morgan fingerprint density at radius 1 is 0.958 bits per heavy atom. The maximum Gasteiger partial charge on any atom is 0.143 e. The fraction of sp³-hybridized carbons (Fsp3) is 0.368. The molecule has 4 rings (SSSR count). The summed E-state index contributed by atoms with van der Waals surface area (Å²) in [7, 11) is 0. The highest BCUT2D eigenvalue weighted by Gasteiger charge is 2.21. The van der Waals surface area contributed by atoms with Gasteiger partial charge in [0.15, 0.2) is 0 Å². The summed E-state index contributed by atoms with van der Waals surface area (Å²) in [6.45, 7) is 10.4. The molecule has 1 N–H and O–H groups in total. The van der Waals surface area contributed by atoms with Gasteiger partial charge in [0.1, 0.15) is 17.8 Å². The zero-order valence-electron chi connectivity index (χ0n) is 14.5. The minimum absolute atomic E-state index is 0.925. The van der Waals surface area contributed by atoms with Crippen molar-refractivity contribution >= 4 is 22.5 Å². The first-order valence-electron chi connectivity index (χ1n) is 8.50. The van der Waals surface area contributed by atoms with Crippen molar-refractivity contribution < 1.29 is 0 Å². The molecule has 5 nitrogen and oxygen atoms in total. The van der Waals surface area contributed by atoms with E-state index in [4.69, 9.17) is 0 Å². The Balaban J connectivity index is 1.56. The molecular formula is C19H23N5. The highest BCUT2D eigenvalue weighted by molar-refractivity contribution is 5.88. The van der Waals surface area contributed by atoms with Crippen LogP contribution in [0.5, 0.6) is 0 Å². The minimum atomic E-state index is 0.925. The van der Waals surface area contributed by atoms with Crippen LogP contribution in [0.25, 0.3) is 11.0 Å². The topological polar surface area (TPSA) is 48.1 Å². The van der Waals surface area contributed by atoms with Gasteiger partial charge in [0.25, 0.3) is 0 Å². The Morgan fingerprint density at radius 3 is 2.50 bits per heavy atom. The zero-order chi connectivity index (χ0) is 16.7. The Bertz CT molecular complexity index is 875. The molecule has 1 saturated heterocycles. The van der Waals surface area contributed by atoms with Crippen LogP contribution in [0.4, 0.5) is 11.5 Å². The first-order valence-corrected chi connectivity index (χ1v) is 8.50. The number of aromatic nitrogens is 3. The molecule has 1 aliphatic rings. The molecule has 3 aromatic rings. The second kappa shape index (κ2) is 5.82. The van der Waals surface area contributed by atoms with E-state index in [-0.39, 0.29) is 0 Å². The van der Waals surface area contributed by atoms with Crippen molar-refractivity contribution in [2.75, 3.05) is 36.0 Å². The van der Waals surface area contributed by atoms with Crippen molar-refractivity contribution in [1.82, 2.24) is 15.0 Å². The molecule has 2 aromatic heterocycles. The second-order valence-electron chi connectivity index (χ2n) is 6.61. The van der Waals surface area contributed by atoms with Gasteiger partial charge in [-0.15, -0.1) is 0 Å². The summed E-state index contributed by atoms with van der Waals surface area (Å²) in [6, 6.07) is 8.71. The van der Waals surface area contributed by atoms with E-state index < -0.39 is 0 Å². The molecule has 1 fully saturated rings. The molecule has 0 bridgehead atoms. The summed E-state index contributed by atoms with van der Waals surface area (Å²) >= 11 is 0. The Kier molecular flexibility index (Phi) is 3.63. The molecule has 0 atom stereocenters. The van der Waals surface area contributed by atoms with E-state index in [0.29, 0.717) is 0 Å². The Labute approximate surface area is 142 Å². The largest absolute Gasteiger partial charge is 0.368 e. The van der Waals surface area contributed by atoms with Crippen LogP contribution in [-0.2, 0) is 0 Å². The average Bonchev–Trinajstić information content (AvgIpc) is 2.98. The number of piperazine rings is 1. The average molecular weight is 321 g/mol. The van der Waals surface area contributed by atoms with Crippen LogP contribution in [0, 0.1) is 20.8 Å². The third-order valence-electron chi connectivity index (χ3n) is 5.04. The van der Waals surface area contributed by atoms with E-state index in [1.165, 1.54) is 16.8 Å². The number of hydrogen-bond donors (Lipinski definition) is 1. The van der Waals surface area contributed by atoms with Crippen LogP contribution in [0.15, 0.2) is 30.6 Å². The Morgan fingerprint density at radius 2 is 1.71 bits per heavy atom. The molecule has 124 valence electrons. The summed E-state index contributed by atoms with van der Waals surface area (Å²) in [6.07, 6.45) is 1.66. The zero-order valence-corrected chi connectivity index (χ0v) is 14.5. The predicted octanol–water partition coefficient (Wildman–Crippen LogP) is 3.21. The number of anilines is 2. The molecule has 3 heterocycles. The summed E-state index contributed by atoms with van der Waals surface area (Å²) in [5.74, 6) is 1.05. The molecule has 0 unspecified atom stereocenters. The van der Waals surface area contributed by atoms with Crippen LogP contribution in [0.3, 0.4) is 0 Å². The molecule has 0 saturated carbocycles. The lowest BCUT2D eigenvalue weighted by atomic mass is 10.1. The van der Waals surface area contributed by atoms with Gasteiger partial charge >= 0.3 is 0 Å². The molecule has 1 aliphatic heterocycles. The van der Waals surface area contributed by atoms with Crippen molar-refractivity contribution in [1.29, 1.82) is 0 Å². The normalized spacial score (nSPS) is 15.3. The van der Waals surface area contributed by atoms with Crippen molar-refractivity contribution in [2.24, 2.45) is 0 Å². The minimum Gasteiger partial charge on any atom is -0.368 e. The van der Waals surface area contributed by atoms with Crippen molar-refractivity contribution in [3.63, 3.8) is 0 Å². The van der Waals surface area contributed by atoms with E-state index in [0.717, 1.165) is 48.7 Å².